The summed E-state index contributed by atoms with van der Waals surface area (Å²) >= 11 is 0. The number of benzene rings is 1. The number of nitrogens with zero attached hydrogens (tertiary/aromatic N) is 2. The van der Waals surface area contributed by atoms with Gasteiger partial charge in [0.05, 0.1) is 11.4 Å². The Morgan fingerprint density at radius 1 is 1.05 bits per heavy atom. The van der Waals surface area contributed by atoms with Crippen LogP contribution in [0.4, 0.5) is 0 Å². The van der Waals surface area contributed by atoms with E-state index in [-0.39, 0.29) is 0 Å². The van der Waals surface area contributed by atoms with E-state index >= 15 is 0 Å². The van der Waals surface area contributed by atoms with Gasteiger partial charge in [-0.1, -0.05) is 37.8 Å². The minimum absolute atomic E-state index is 0.931. The maximum absolute atomic E-state index is 4.39. The lowest BCUT2D eigenvalue weighted by Crippen LogP contribution is -2.10. The summed E-state index contributed by atoms with van der Waals surface area (Å²) < 4.78 is 0. The fourth-order valence-electron chi connectivity index (χ4n) is 2.10. The van der Waals surface area contributed by atoms with Crippen molar-refractivity contribution in [1.29, 1.82) is 0 Å². The minimum atomic E-state index is 0.931. The number of hydrogen-bond acceptors (Lipinski definition) is 2. The van der Waals surface area contributed by atoms with Crippen molar-refractivity contribution in [3.8, 4) is 0 Å². The van der Waals surface area contributed by atoms with Gasteiger partial charge in [0.15, 0.2) is 0 Å². The Morgan fingerprint density at radius 3 is 2.30 bits per heavy atom. The number of aromatic nitrogens is 1. The van der Waals surface area contributed by atoms with Crippen molar-refractivity contribution in [3.05, 3.63) is 71.6 Å². The second-order valence-electron chi connectivity index (χ2n) is 5.24. The van der Waals surface area contributed by atoms with Gasteiger partial charge in [0.2, 0.25) is 0 Å². The molecule has 0 radical (unpaired) electrons. The number of hydrogen-bond donors (Lipinski definition) is 0. The maximum Gasteiger partial charge on any atom is 0.0859 e. The van der Waals surface area contributed by atoms with Crippen LogP contribution in [0.3, 0.4) is 0 Å². The van der Waals surface area contributed by atoms with E-state index in [1.54, 1.807) is 0 Å². The van der Waals surface area contributed by atoms with E-state index < -0.39 is 0 Å². The maximum atomic E-state index is 4.39. The first-order chi connectivity index (χ1) is 9.60. The van der Waals surface area contributed by atoms with Crippen LogP contribution in [-0.2, 0) is 12.8 Å². The second-order valence-corrected chi connectivity index (χ2v) is 5.24. The molecule has 0 bridgehead atoms. The Balaban J connectivity index is 2.16. The molecule has 1 aromatic heterocycles. The summed E-state index contributed by atoms with van der Waals surface area (Å²) in [6, 6.07) is 13.0. The highest BCUT2D eigenvalue weighted by atomic mass is 15.1. The molecule has 1 heterocycles. The lowest BCUT2D eigenvalue weighted by Gasteiger charge is -2.15. The molecule has 0 aliphatic carbocycles. The van der Waals surface area contributed by atoms with Crippen LogP contribution < -0.4 is 0 Å². The van der Waals surface area contributed by atoms with E-state index in [2.05, 4.69) is 54.9 Å². The molecule has 0 aliphatic heterocycles. The monoisotopic (exact) mass is 266 g/mol. The zero-order valence-electron chi connectivity index (χ0n) is 12.6. The van der Waals surface area contributed by atoms with Gasteiger partial charge in [-0.2, -0.15) is 0 Å². The van der Waals surface area contributed by atoms with E-state index in [4.69, 9.17) is 0 Å². The lowest BCUT2D eigenvalue weighted by molar-refractivity contribution is 0.590. The molecular formula is C18H22N2. The first-order valence-electron chi connectivity index (χ1n) is 6.99. The third-order valence-corrected chi connectivity index (χ3v) is 3.50. The van der Waals surface area contributed by atoms with Crippen LogP contribution in [0.5, 0.6) is 0 Å². The normalized spacial score (nSPS) is 10.3. The van der Waals surface area contributed by atoms with Gasteiger partial charge < -0.3 is 4.90 Å². The van der Waals surface area contributed by atoms with E-state index in [0.29, 0.717) is 0 Å². The summed E-state index contributed by atoms with van der Waals surface area (Å²) in [7, 11) is 3.97. The van der Waals surface area contributed by atoms with Crippen LogP contribution in [0.1, 0.15) is 29.3 Å². The Kier molecular flexibility index (Phi) is 4.57. The van der Waals surface area contributed by atoms with Gasteiger partial charge in [0.25, 0.3) is 0 Å². The third-order valence-electron chi connectivity index (χ3n) is 3.50. The summed E-state index contributed by atoms with van der Waals surface area (Å²) in [6.45, 7) is 6.24. The van der Waals surface area contributed by atoms with Gasteiger partial charge in [0.1, 0.15) is 0 Å². The van der Waals surface area contributed by atoms with Gasteiger partial charge in [-0.05, 0) is 41.7 Å². The second kappa shape index (κ2) is 6.38. The lowest BCUT2D eigenvalue weighted by atomic mass is 10.0. The Bertz CT molecular complexity index is 583. The molecule has 0 unspecified atom stereocenters. The van der Waals surface area contributed by atoms with Crippen molar-refractivity contribution >= 4 is 5.70 Å². The highest BCUT2D eigenvalue weighted by Gasteiger charge is 2.04. The van der Waals surface area contributed by atoms with Crippen molar-refractivity contribution in [2.24, 2.45) is 0 Å². The Morgan fingerprint density at radius 2 is 1.70 bits per heavy atom. The van der Waals surface area contributed by atoms with Crippen molar-refractivity contribution in [2.75, 3.05) is 14.1 Å². The van der Waals surface area contributed by atoms with Crippen LogP contribution in [0.25, 0.3) is 5.70 Å². The molecule has 2 nitrogen and oxygen atoms in total. The Hall–Kier alpha value is -2.09. The van der Waals surface area contributed by atoms with E-state index in [1.807, 2.05) is 25.2 Å². The molecule has 0 saturated carbocycles. The minimum Gasteiger partial charge on any atom is -0.376 e. The molecule has 104 valence electrons. The predicted octanol–water partition coefficient (Wildman–Crippen LogP) is 3.77. The SMILES string of the molecule is C=C(c1cc(Cc2ccc(CC)cc2)ccn1)N(C)C. The molecule has 1 aromatic carbocycles. The first kappa shape index (κ1) is 14.3. The van der Waals surface area contributed by atoms with Crippen LogP contribution >= 0.6 is 0 Å². The van der Waals surface area contributed by atoms with Crippen molar-refractivity contribution in [2.45, 2.75) is 19.8 Å². The molecule has 2 heteroatoms. The van der Waals surface area contributed by atoms with E-state index in [1.165, 1.54) is 16.7 Å². The van der Waals surface area contributed by atoms with Crippen LogP contribution in [0.15, 0.2) is 49.2 Å². The molecule has 0 saturated heterocycles. The third kappa shape index (κ3) is 3.47. The quantitative estimate of drug-likeness (QED) is 0.819. The zero-order chi connectivity index (χ0) is 14.5. The molecule has 0 N–H and O–H groups in total. The standard InChI is InChI=1S/C18H22N2/c1-5-15-6-8-16(9-7-15)12-17-10-11-19-18(13-17)14(2)20(3)4/h6-11,13H,2,5,12H2,1,3-4H3. The summed E-state index contributed by atoms with van der Waals surface area (Å²) in [5.74, 6) is 0. The molecule has 0 amide bonds. The molecule has 2 rings (SSSR count). The molecule has 0 spiro atoms. The van der Waals surface area contributed by atoms with Crippen molar-refractivity contribution < 1.29 is 0 Å². The van der Waals surface area contributed by atoms with Gasteiger partial charge >= 0.3 is 0 Å². The van der Waals surface area contributed by atoms with Crippen LogP contribution in [0.2, 0.25) is 0 Å². The number of pyridine rings is 1. The molecule has 0 fully saturated rings. The molecule has 0 aliphatic rings. The number of rotatable bonds is 5. The van der Waals surface area contributed by atoms with Gasteiger partial charge in [0, 0.05) is 20.3 Å². The molecule has 20 heavy (non-hydrogen) atoms. The Labute approximate surface area is 121 Å². The fourth-order valence-corrected chi connectivity index (χ4v) is 2.10. The largest absolute Gasteiger partial charge is 0.376 e. The highest BCUT2D eigenvalue weighted by molar-refractivity contribution is 5.58. The van der Waals surface area contributed by atoms with Crippen molar-refractivity contribution in [1.82, 2.24) is 9.88 Å². The van der Waals surface area contributed by atoms with Crippen LogP contribution in [0, 0.1) is 0 Å². The smallest absolute Gasteiger partial charge is 0.0859 e. The summed E-state index contributed by atoms with van der Waals surface area (Å²) in [6.07, 6.45) is 3.88. The summed E-state index contributed by atoms with van der Waals surface area (Å²) in [4.78, 5) is 6.38. The van der Waals surface area contributed by atoms with Gasteiger partial charge in [-0.25, -0.2) is 0 Å². The average molecular weight is 266 g/mol. The molecular weight excluding hydrogens is 244 g/mol. The topological polar surface area (TPSA) is 16.1 Å². The van der Waals surface area contributed by atoms with Gasteiger partial charge in [-0.3, -0.25) is 4.98 Å². The highest BCUT2D eigenvalue weighted by Crippen LogP contribution is 2.16. The summed E-state index contributed by atoms with van der Waals surface area (Å²) in [5, 5.41) is 0. The molecule has 2 aromatic rings. The first-order valence-corrected chi connectivity index (χ1v) is 6.99. The average Bonchev–Trinajstić information content (AvgIpc) is 2.47. The molecule has 0 atom stereocenters. The van der Waals surface area contributed by atoms with E-state index in [9.17, 15) is 0 Å². The predicted molar refractivity (Wildman–Crippen MR) is 85.6 cm³/mol. The van der Waals surface area contributed by atoms with Crippen molar-refractivity contribution in [3.63, 3.8) is 0 Å². The number of aryl methyl sites for hydroxylation is 1. The van der Waals surface area contributed by atoms with Gasteiger partial charge in [-0.15, -0.1) is 0 Å². The fraction of sp³-hybridized carbons (Fsp3) is 0.278. The van der Waals surface area contributed by atoms with E-state index in [0.717, 1.165) is 24.2 Å². The zero-order valence-corrected chi connectivity index (χ0v) is 12.6. The summed E-state index contributed by atoms with van der Waals surface area (Å²) in [5.41, 5.74) is 5.85. The van der Waals surface area contributed by atoms with Crippen LogP contribution in [-0.4, -0.2) is 24.0 Å².